The van der Waals surface area contributed by atoms with Crippen LogP contribution in [-0.2, 0) is 0 Å². The van der Waals surface area contributed by atoms with Crippen molar-refractivity contribution in [2.45, 2.75) is 37.0 Å². The summed E-state index contributed by atoms with van der Waals surface area (Å²) < 4.78 is 39.9. The van der Waals surface area contributed by atoms with Crippen LogP contribution >= 0.6 is 11.8 Å². The second kappa shape index (κ2) is 6.66. The standard InChI is InChI=1S/C14H18F3NS/c1-18-12(8-19-9-4-2-3-5-9)10-6-7-11(15)14(17)13(10)16/h6-7,9,12,18H,2-5,8H2,1H3. The van der Waals surface area contributed by atoms with Gasteiger partial charge in [-0.25, -0.2) is 13.2 Å². The molecule has 1 fully saturated rings. The van der Waals surface area contributed by atoms with Gasteiger partial charge in [-0.1, -0.05) is 18.9 Å². The molecule has 1 aromatic carbocycles. The summed E-state index contributed by atoms with van der Waals surface area (Å²) in [5.41, 5.74) is 0.201. The maximum absolute atomic E-state index is 13.7. The normalized spacial score (nSPS) is 17.9. The van der Waals surface area contributed by atoms with Crippen LogP contribution in [0.25, 0.3) is 0 Å². The molecule has 1 aliphatic carbocycles. The van der Waals surface area contributed by atoms with Gasteiger partial charge in [0.25, 0.3) is 0 Å². The molecule has 0 aliphatic heterocycles. The summed E-state index contributed by atoms with van der Waals surface area (Å²) >= 11 is 1.78. The lowest BCUT2D eigenvalue weighted by atomic mass is 10.1. The van der Waals surface area contributed by atoms with Crippen molar-refractivity contribution in [2.24, 2.45) is 0 Å². The lowest BCUT2D eigenvalue weighted by Crippen LogP contribution is -2.21. The Kier molecular flexibility index (Phi) is 5.16. The highest BCUT2D eigenvalue weighted by Crippen LogP contribution is 2.32. The smallest absolute Gasteiger partial charge is 0.194 e. The van der Waals surface area contributed by atoms with Gasteiger partial charge < -0.3 is 5.32 Å². The van der Waals surface area contributed by atoms with Crippen LogP contribution in [0.1, 0.15) is 37.3 Å². The van der Waals surface area contributed by atoms with Crippen LogP contribution in [0.5, 0.6) is 0 Å². The molecular formula is C14H18F3NS. The number of nitrogens with one attached hydrogen (secondary N) is 1. The summed E-state index contributed by atoms with van der Waals surface area (Å²) in [7, 11) is 1.71. The minimum absolute atomic E-state index is 0.201. The van der Waals surface area contributed by atoms with Crippen LogP contribution in [0.2, 0.25) is 0 Å². The summed E-state index contributed by atoms with van der Waals surface area (Å²) in [5.74, 6) is -2.93. The maximum atomic E-state index is 13.7. The van der Waals surface area contributed by atoms with Crippen molar-refractivity contribution in [3.05, 3.63) is 35.1 Å². The lowest BCUT2D eigenvalue weighted by Gasteiger charge is -2.19. The van der Waals surface area contributed by atoms with Gasteiger partial charge in [-0.05, 0) is 26.0 Å². The van der Waals surface area contributed by atoms with E-state index in [1.165, 1.54) is 31.7 Å². The Morgan fingerprint density at radius 1 is 1.21 bits per heavy atom. The van der Waals surface area contributed by atoms with Crippen molar-refractivity contribution in [1.29, 1.82) is 0 Å². The summed E-state index contributed by atoms with van der Waals surface area (Å²) in [4.78, 5) is 0. The molecule has 0 aromatic heterocycles. The zero-order valence-corrected chi connectivity index (χ0v) is 11.7. The first-order valence-corrected chi connectivity index (χ1v) is 7.60. The summed E-state index contributed by atoms with van der Waals surface area (Å²) in [6.07, 6.45) is 4.89. The van der Waals surface area contributed by atoms with E-state index in [1.807, 2.05) is 0 Å². The van der Waals surface area contributed by atoms with Gasteiger partial charge in [-0.3, -0.25) is 0 Å². The SMILES string of the molecule is CNC(CSC1CCCC1)c1ccc(F)c(F)c1F. The zero-order valence-electron chi connectivity index (χ0n) is 10.9. The molecule has 1 saturated carbocycles. The number of hydrogen-bond donors (Lipinski definition) is 1. The average molecular weight is 289 g/mol. The molecule has 1 aliphatic rings. The molecule has 0 bridgehead atoms. The van der Waals surface area contributed by atoms with Crippen LogP contribution in [-0.4, -0.2) is 18.1 Å². The number of halogens is 3. The number of rotatable bonds is 5. The largest absolute Gasteiger partial charge is 0.312 e. The van der Waals surface area contributed by atoms with E-state index in [1.54, 1.807) is 18.8 Å². The van der Waals surface area contributed by atoms with E-state index < -0.39 is 17.5 Å². The third-order valence-corrected chi connectivity index (χ3v) is 5.06. The number of thioether (sulfide) groups is 1. The second-order valence-electron chi connectivity index (χ2n) is 4.85. The first-order valence-electron chi connectivity index (χ1n) is 6.55. The molecule has 2 rings (SSSR count). The predicted octanol–water partition coefficient (Wildman–Crippen LogP) is 4.04. The molecule has 0 amide bonds. The fourth-order valence-electron chi connectivity index (χ4n) is 2.43. The minimum atomic E-state index is -1.39. The molecule has 19 heavy (non-hydrogen) atoms. The van der Waals surface area contributed by atoms with Gasteiger partial charge in [-0.2, -0.15) is 11.8 Å². The highest BCUT2D eigenvalue weighted by molar-refractivity contribution is 7.99. The first kappa shape index (κ1) is 14.7. The van der Waals surface area contributed by atoms with E-state index >= 15 is 0 Å². The van der Waals surface area contributed by atoms with E-state index in [9.17, 15) is 13.2 Å². The molecule has 1 atom stereocenters. The summed E-state index contributed by atoms with van der Waals surface area (Å²) in [6.45, 7) is 0. The third-order valence-electron chi connectivity index (χ3n) is 3.59. The van der Waals surface area contributed by atoms with Crippen molar-refractivity contribution in [1.82, 2.24) is 5.32 Å². The molecule has 5 heteroatoms. The van der Waals surface area contributed by atoms with E-state index in [-0.39, 0.29) is 11.6 Å². The maximum Gasteiger partial charge on any atom is 0.194 e. The molecule has 106 valence electrons. The van der Waals surface area contributed by atoms with E-state index in [2.05, 4.69) is 5.32 Å². The minimum Gasteiger partial charge on any atom is -0.312 e. The monoisotopic (exact) mass is 289 g/mol. The van der Waals surface area contributed by atoms with Crippen molar-refractivity contribution < 1.29 is 13.2 Å². The average Bonchev–Trinajstić information content (AvgIpc) is 2.92. The summed E-state index contributed by atoms with van der Waals surface area (Å²) in [5, 5.41) is 3.59. The van der Waals surface area contributed by atoms with Crippen molar-refractivity contribution >= 4 is 11.8 Å². The molecule has 1 nitrogen and oxygen atoms in total. The number of benzene rings is 1. The Balaban J connectivity index is 2.06. The van der Waals surface area contributed by atoms with Crippen molar-refractivity contribution in [3.63, 3.8) is 0 Å². The fourth-order valence-corrected chi connectivity index (χ4v) is 3.90. The Morgan fingerprint density at radius 3 is 2.53 bits per heavy atom. The van der Waals surface area contributed by atoms with Gasteiger partial charge >= 0.3 is 0 Å². The van der Waals surface area contributed by atoms with E-state index in [0.717, 1.165) is 6.07 Å². The molecule has 1 N–H and O–H groups in total. The molecule has 1 aromatic rings. The second-order valence-corrected chi connectivity index (χ2v) is 6.18. The van der Waals surface area contributed by atoms with E-state index in [0.29, 0.717) is 11.0 Å². The molecular weight excluding hydrogens is 271 g/mol. The molecule has 0 heterocycles. The highest BCUT2D eigenvalue weighted by Gasteiger charge is 2.22. The van der Waals surface area contributed by atoms with Crippen LogP contribution in [0.4, 0.5) is 13.2 Å². The Bertz CT molecular complexity index is 433. The first-order chi connectivity index (χ1) is 9.13. The van der Waals surface area contributed by atoms with Crippen molar-refractivity contribution in [3.8, 4) is 0 Å². The van der Waals surface area contributed by atoms with Gasteiger partial charge in [-0.15, -0.1) is 0 Å². The van der Waals surface area contributed by atoms with Crippen LogP contribution in [0.3, 0.4) is 0 Å². The predicted molar refractivity (Wildman–Crippen MR) is 72.8 cm³/mol. The quantitative estimate of drug-likeness (QED) is 0.821. The van der Waals surface area contributed by atoms with Gasteiger partial charge in [0, 0.05) is 22.6 Å². The molecule has 0 saturated heterocycles. The van der Waals surface area contributed by atoms with Gasteiger partial charge in [0.2, 0.25) is 0 Å². The van der Waals surface area contributed by atoms with Crippen LogP contribution < -0.4 is 5.32 Å². The van der Waals surface area contributed by atoms with Crippen LogP contribution in [0.15, 0.2) is 12.1 Å². The summed E-state index contributed by atoms with van der Waals surface area (Å²) in [6, 6.07) is 2.02. The lowest BCUT2D eigenvalue weighted by molar-refractivity contribution is 0.433. The third kappa shape index (κ3) is 3.45. The Hall–Kier alpha value is -0.680. The zero-order chi connectivity index (χ0) is 13.8. The highest BCUT2D eigenvalue weighted by atomic mass is 32.2. The van der Waals surface area contributed by atoms with E-state index in [4.69, 9.17) is 0 Å². The topological polar surface area (TPSA) is 12.0 Å². The molecule has 0 spiro atoms. The Labute approximate surface area is 116 Å². The molecule has 0 radical (unpaired) electrons. The van der Waals surface area contributed by atoms with Crippen LogP contribution in [0, 0.1) is 17.5 Å². The van der Waals surface area contributed by atoms with Crippen molar-refractivity contribution in [2.75, 3.05) is 12.8 Å². The number of hydrogen-bond acceptors (Lipinski definition) is 2. The van der Waals surface area contributed by atoms with Gasteiger partial charge in [0.1, 0.15) is 0 Å². The fraction of sp³-hybridized carbons (Fsp3) is 0.571. The Morgan fingerprint density at radius 2 is 1.89 bits per heavy atom. The van der Waals surface area contributed by atoms with Gasteiger partial charge in [0.15, 0.2) is 17.5 Å². The molecule has 1 unspecified atom stereocenters. The van der Waals surface area contributed by atoms with Gasteiger partial charge in [0.05, 0.1) is 0 Å².